The maximum Gasteiger partial charge on any atom is 0.344 e. The lowest BCUT2D eigenvalue weighted by Crippen LogP contribution is -2.66. The van der Waals surface area contributed by atoms with Gasteiger partial charge in [0.05, 0.1) is 12.0 Å². The maximum absolute atomic E-state index is 12.5. The van der Waals surface area contributed by atoms with Crippen molar-refractivity contribution < 1.29 is 9.15 Å². The normalized spacial score (nSPS) is 27.9. The van der Waals surface area contributed by atoms with Crippen molar-refractivity contribution in [2.75, 3.05) is 13.7 Å². The van der Waals surface area contributed by atoms with Crippen LogP contribution in [0.15, 0.2) is 45.6 Å². The summed E-state index contributed by atoms with van der Waals surface area (Å²) in [5, 5.41) is 2.70. The Labute approximate surface area is 140 Å². The predicted molar refractivity (Wildman–Crippen MR) is 94.6 cm³/mol. The summed E-state index contributed by atoms with van der Waals surface area (Å²) in [6.07, 6.45) is 3.53. The van der Waals surface area contributed by atoms with Crippen molar-refractivity contribution >= 4 is 21.7 Å². The Morgan fingerprint density at radius 1 is 1.04 bits per heavy atom. The van der Waals surface area contributed by atoms with Crippen LogP contribution in [-0.2, 0) is 10.2 Å². The summed E-state index contributed by atoms with van der Waals surface area (Å²) in [5.41, 5.74) is 3.48. The summed E-state index contributed by atoms with van der Waals surface area (Å²) in [5.74, 6) is 0. The summed E-state index contributed by atoms with van der Waals surface area (Å²) in [6.45, 7) is 2.86. The molecule has 6 rings (SSSR count). The van der Waals surface area contributed by atoms with Crippen LogP contribution < -0.4 is 5.63 Å². The molecule has 0 amide bonds. The van der Waals surface area contributed by atoms with Gasteiger partial charge in [0, 0.05) is 12.5 Å². The first-order valence-corrected chi connectivity index (χ1v) is 8.51. The third-order valence-electron chi connectivity index (χ3n) is 6.07. The molecule has 24 heavy (non-hydrogen) atoms. The van der Waals surface area contributed by atoms with Gasteiger partial charge in [-0.2, -0.15) is 0 Å². The molecule has 3 heteroatoms. The van der Waals surface area contributed by atoms with Crippen molar-refractivity contribution in [1.82, 2.24) is 0 Å². The van der Waals surface area contributed by atoms with Gasteiger partial charge in [-0.3, -0.25) is 0 Å². The number of hydrogen-bond acceptors (Lipinski definition) is 3. The summed E-state index contributed by atoms with van der Waals surface area (Å²) in [7, 11) is 1.78. The van der Waals surface area contributed by atoms with Crippen LogP contribution in [0.25, 0.3) is 21.7 Å². The van der Waals surface area contributed by atoms with E-state index in [0.29, 0.717) is 16.4 Å². The van der Waals surface area contributed by atoms with Crippen molar-refractivity contribution in [2.45, 2.75) is 31.6 Å². The van der Waals surface area contributed by atoms with Crippen LogP contribution in [0.2, 0.25) is 0 Å². The van der Waals surface area contributed by atoms with Crippen LogP contribution in [0.1, 0.15) is 30.4 Å². The highest BCUT2D eigenvalue weighted by Crippen LogP contribution is 2.73. The minimum absolute atomic E-state index is 0.233. The van der Waals surface area contributed by atoms with E-state index in [-0.39, 0.29) is 11.0 Å². The number of ether oxygens (including phenoxy) is 1. The number of hydrogen-bond donors (Lipinski definition) is 0. The zero-order valence-corrected chi connectivity index (χ0v) is 14.0. The molecular formula is C21H20O3. The predicted octanol–water partition coefficient (Wildman–Crippen LogP) is 4.32. The van der Waals surface area contributed by atoms with Crippen molar-refractivity contribution in [3.05, 3.63) is 57.9 Å². The molecular weight excluding hydrogens is 300 g/mol. The van der Waals surface area contributed by atoms with Crippen LogP contribution in [0.3, 0.4) is 0 Å². The Hall–Kier alpha value is -2.13. The van der Waals surface area contributed by atoms with E-state index < -0.39 is 0 Å². The number of benzene rings is 2. The van der Waals surface area contributed by atoms with E-state index in [1.165, 1.54) is 24.8 Å². The molecule has 3 aliphatic carbocycles. The van der Waals surface area contributed by atoms with Gasteiger partial charge in [0.25, 0.3) is 0 Å². The van der Waals surface area contributed by atoms with Crippen molar-refractivity contribution in [2.24, 2.45) is 5.41 Å². The highest BCUT2D eigenvalue weighted by molar-refractivity contribution is 6.04. The Bertz CT molecular complexity index is 1020. The molecule has 0 atom stereocenters. The molecule has 2 aromatic carbocycles. The number of rotatable bonds is 3. The summed E-state index contributed by atoms with van der Waals surface area (Å²) in [6, 6.07) is 12.4. The van der Waals surface area contributed by atoms with Crippen molar-refractivity contribution in [3.63, 3.8) is 0 Å². The summed E-state index contributed by atoms with van der Waals surface area (Å²) in [4.78, 5) is 12.5. The van der Waals surface area contributed by atoms with Gasteiger partial charge in [-0.15, -0.1) is 0 Å². The molecule has 3 aliphatic rings. The fourth-order valence-corrected chi connectivity index (χ4v) is 5.13. The standard InChI is InChI=1S/C21H20O3/c1-13-3-5-16-15-6-4-14(8-17(15)19(22)24-18(16)7-13)21-9-20(10-21,11-21)12-23-2/h3-8H,9-12H2,1-2H3. The average Bonchev–Trinajstić information content (AvgIpc) is 2.49. The smallest absolute Gasteiger partial charge is 0.344 e. The van der Waals surface area contributed by atoms with Crippen LogP contribution in [0, 0.1) is 12.3 Å². The topological polar surface area (TPSA) is 39.4 Å². The Morgan fingerprint density at radius 3 is 2.54 bits per heavy atom. The molecule has 0 unspecified atom stereocenters. The molecule has 0 aliphatic heterocycles. The van der Waals surface area contributed by atoms with Crippen molar-refractivity contribution in [3.8, 4) is 0 Å². The van der Waals surface area contributed by atoms with Gasteiger partial charge in [-0.1, -0.05) is 24.3 Å². The number of aryl methyl sites for hydroxylation is 1. The average molecular weight is 320 g/mol. The van der Waals surface area contributed by atoms with E-state index in [9.17, 15) is 4.79 Å². The Balaban J connectivity index is 1.63. The number of fused-ring (bicyclic) bond motifs is 3. The first kappa shape index (κ1) is 14.2. The summed E-state index contributed by atoms with van der Waals surface area (Å²) < 4.78 is 10.9. The highest BCUT2D eigenvalue weighted by atomic mass is 16.5. The molecule has 0 radical (unpaired) electrons. The van der Waals surface area contributed by atoms with Crippen LogP contribution in [0.4, 0.5) is 0 Å². The lowest BCUT2D eigenvalue weighted by molar-refractivity contribution is -0.174. The molecule has 3 saturated carbocycles. The van der Waals surface area contributed by atoms with E-state index in [1.807, 2.05) is 19.1 Å². The van der Waals surface area contributed by atoms with Gasteiger partial charge in [0.1, 0.15) is 5.58 Å². The van der Waals surface area contributed by atoms with E-state index in [2.05, 4.69) is 24.3 Å². The van der Waals surface area contributed by atoms with Crippen LogP contribution >= 0.6 is 0 Å². The minimum Gasteiger partial charge on any atom is -0.422 e. The molecule has 3 fully saturated rings. The van der Waals surface area contributed by atoms with Gasteiger partial charge in [-0.05, 0) is 65.7 Å². The molecule has 122 valence electrons. The third kappa shape index (κ3) is 1.73. The quantitative estimate of drug-likeness (QED) is 0.533. The fourth-order valence-electron chi connectivity index (χ4n) is 5.13. The largest absolute Gasteiger partial charge is 0.422 e. The zero-order valence-electron chi connectivity index (χ0n) is 14.0. The first-order valence-electron chi connectivity index (χ1n) is 8.51. The maximum atomic E-state index is 12.5. The molecule has 0 saturated heterocycles. The lowest BCUT2D eigenvalue weighted by atomic mass is 9.34. The number of methoxy groups -OCH3 is 1. The van der Waals surface area contributed by atoms with Crippen LogP contribution in [-0.4, -0.2) is 13.7 Å². The molecule has 0 spiro atoms. The second kappa shape index (κ2) is 4.48. The molecule has 3 nitrogen and oxygen atoms in total. The van der Waals surface area contributed by atoms with Gasteiger partial charge < -0.3 is 9.15 Å². The fraction of sp³-hybridized carbons (Fsp3) is 0.381. The minimum atomic E-state index is -0.233. The van der Waals surface area contributed by atoms with E-state index in [0.717, 1.165) is 22.9 Å². The Morgan fingerprint density at radius 2 is 1.79 bits per heavy atom. The Kier molecular flexibility index (Phi) is 2.66. The lowest BCUT2D eigenvalue weighted by Gasteiger charge is -2.71. The van der Waals surface area contributed by atoms with Crippen LogP contribution in [0.5, 0.6) is 0 Å². The van der Waals surface area contributed by atoms with Gasteiger partial charge in [0.15, 0.2) is 0 Å². The SMILES string of the molecule is COCC12CC(c3ccc4c(c3)c(=O)oc3cc(C)ccc34)(C1)C2. The molecule has 2 bridgehead atoms. The third-order valence-corrected chi connectivity index (χ3v) is 6.07. The zero-order chi connectivity index (χ0) is 16.5. The monoisotopic (exact) mass is 320 g/mol. The molecule has 1 heterocycles. The van der Waals surface area contributed by atoms with Gasteiger partial charge in [-0.25, -0.2) is 4.79 Å². The highest BCUT2D eigenvalue weighted by Gasteiger charge is 2.68. The molecule has 1 aromatic heterocycles. The first-order chi connectivity index (χ1) is 11.5. The second-order valence-electron chi connectivity index (χ2n) is 7.89. The van der Waals surface area contributed by atoms with E-state index in [1.54, 1.807) is 7.11 Å². The van der Waals surface area contributed by atoms with Gasteiger partial charge >= 0.3 is 5.63 Å². The summed E-state index contributed by atoms with van der Waals surface area (Å²) >= 11 is 0. The van der Waals surface area contributed by atoms with Crippen molar-refractivity contribution in [1.29, 1.82) is 0 Å². The molecule has 0 N–H and O–H groups in total. The van der Waals surface area contributed by atoms with E-state index in [4.69, 9.17) is 9.15 Å². The van der Waals surface area contributed by atoms with E-state index >= 15 is 0 Å². The second-order valence-corrected chi connectivity index (χ2v) is 7.89. The van der Waals surface area contributed by atoms with Gasteiger partial charge in [0.2, 0.25) is 0 Å². The molecule has 3 aromatic rings.